The molecule has 0 saturated carbocycles. The van der Waals surface area contributed by atoms with Crippen molar-refractivity contribution < 1.29 is 27.8 Å². The van der Waals surface area contributed by atoms with E-state index >= 15 is 0 Å². The van der Waals surface area contributed by atoms with E-state index in [-0.39, 0.29) is 18.2 Å². The van der Waals surface area contributed by atoms with Gasteiger partial charge in [0, 0.05) is 18.3 Å². The number of benzene rings is 1. The molecule has 2 aromatic rings. The number of carboxylic acids is 1. The van der Waals surface area contributed by atoms with Crippen LogP contribution in [0.2, 0.25) is 5.02 Å². The number of pyridine rings is 1. The van der Waals surface area contributed by atoms with Gasteiger partial charge in [-0.25, -0.2) is 4.98 Å². The van der Waals surface area contributed by atoms with Gasteiger partial charge in [-0.15, -0.1) is 0 Å². The van der Waals surface area contributed by atoms with Gasteiger partial charge < -0.3 is 15.6 Å². The number of hydrogen-bond donors (Lipinski definition) is 2. The number of hydrogen-bond acceptors (Lipinski definition) is 4. The largest absolute Gasteiger partial charge is 0.481 e. The van der Waals surface area contributed by atoms with E-state index in [2.05, 4.69) is 4.98 Å². The predicted molar refractivity (Wildman–Crippen MR) is 84.5 cm³/mol. The maximum Gasteiger partial charge on any atom is 0.417 e. The molecule has 0 fully saturated rings. The van der Waals surface area contributed by atoms with Crippen molar-refractivity contribution >= 4 is 17.6 Å². The molecule has 0 spiro atoms. The van der Waals surface area contributed by atoms with Crippen LogP contribution in [0.1, 0.15) is 22.6 Å². The molecule has 0 bridgehead atoms. The highest BCUT2D eigenvalue weighted by Crippen LogP contribution is 2.36. The molecule has 5 nitrogen and oxygen atoms in total. The summed E-state index contributed by atoms with van der Waals surface area (Å²) in [5, 5.41) is 8.44. The van der Waals surface area contributed by atoms with Crippen molar-refractivity contribution in [3.63, 3.8) is 0 Å². The van der Waals surface area contributed by atoms with Gasteiger partial charge in [-0.2, -0.15) is 13.2 Å². The fraction of sp³-hybridized carbons (Fsp3) is 0.250. The predicted octanol–water partition coefficient (Wildman–Crippen LogP) is 3.46. The minimum absolute atomic E-state index is 0.00273. The number of fused-ring (bicyclic) bond motifs is 1. The summed E-state index contributed by atoms with van der Waals surface area (Å²) in [5.74, 6) is -0.958. The summed E-state index contributed by atoms with van der Waals surface area (Å²) in [6.45, 7) is 0.199. The highest BCUT2D eigenvalue weighted by molar-refractivity contribution is 6.32. The third-order valence-corrected chi connectivity index (χ3v) is 3.91. The van der Waals surface area contributed by atoms with Crippen LogP contribution in [0.25, 0.3) is 0 Å². The van der Waals surface area contributed by atoms with Crippen LogP contribution in [0.4, 0.5) is 13.2 Å². The number of nitrogens with two attached hydrogens (primary N) is 1. The Morgan fingerprint density at radius 1 is 1.36 bits per heavy atom. The molecule has 3 rings (SSSR count). The SMILES string of the molecule is NCc1cccc(C(F)(F)F)c1Cl.O=C(O)C1COc2ncccc21. The molecule has 134 valence electrons. The van der Waals surface area contributed by atoms with Crippen LogP contribution >= 0.6 is 11.6 Å². The molecule has 0 amide bonds. The van der Waals surface area contributed by atoms with E-state index in [0.717, 1.165) is 6.07 Å². The second-order valence-corrected chi connectivity index (χ2v) is 5.46. The van der Waals surface area contributed by atoms with E-state index in [1.807, 2.05) is 0 Å². The molecule has 3 N–H and O–H groups in total. The molecule has 1 unspecified atom stereocenters. The summed E-state index contributed by atoms with van der Waals surface area (Å²) in [7, 11) is 0. The van der Waals surface area contributed by atoms with Gasteiger partial charge in [0.25, 0.3) is 0 Å². The Morgan fingerprint density at radius 3 is 2.68 bits per heavy atom. The third kappa shape index (κ3) is 4.40. The molecule has 25 heavy (non-hydrogen) atoms. The van der Waals surface area contributed by atoms with Crippen molar-refractivity contribution in [1.82, 2.24) is 4.98 Å². The Kier molecular flexibility index (Phi) is 5.86. The molecule has 1 aliphatic heterocycles. The first-order valence-electron chi connectivity index (χ1n) is 7.11. The molecule has 2 heterocycles. The maximum absolute atomic E-state index is 12.2. The zero-order valence-corrected chi connectivity index (χ0v) is 13.5. The van der Waals surface area contributed by atoms with E-state index in [9.17, 15) is 18.0 Å². The van der Waals surface area contributed by atoms with Gasteiger partial charge >= 0.3 is 12.1 Å². The van der Waals surface area contributed by atoms with Crippen LogP contribution in [0.3, 0.4) is 0 Å². The third-order valence-electron chi connectivity index (χ3n) is 3.46. The molecule has 0 saturated heterocycles. The lowest BCUT2D eigenvalue weighted by atomic mass is 10.0. The Bertz CT molecular complexity index is 769. The van der Waals surface area contributed by atoms with E-state index < -0.39 is 23.6 Å². The van der Waals surface area contributed by atoms with Crippen LogP contribution in [0.15, 0.2) is 36.5 Å². The summed E-state index contributed by atoms with van der Waals surface area (Å²) in [4.78, 5) is 14.6. The lowest BCUT2D eigenvalue weighted by molar-refractivity contribution is -0.139. The monoisotopic (exact) mass is 374 g/mol. The molecule has 9 heteroatoms. The number of carboxylic acid groups (broad SMARTS) is 1. The van der Waals surface area contributed by atoms with E-state index in [1.165, 1.54) is 12.1 Å². The van der Waals surface area contributed by atoms with Crippen LogP contribution in [-0.2, 0) is 17.5 Å². The summed E-state index contributed by atoms with van der Waals surface area (Å²) in [6, 6.07) is 7.13. The average molecular weight is 375 g/mol. The smallest absolute Gasteiger partial charge is 0.417 e. The normalized spacial score (nSPS) is 15.6. The van der Waals surface area contributed by atoms with Crippen LogP contribution in [0, 0.1) is 0 Å². The van der Waals surface area contributed by atoms with E-state index in [1.54, 1.807) is 18.3 Å². The topological polar surface area (TPSA) is 85.4 Å². The molecule has 1 aromatic heterocycles. The van der Waals surface area contributed by atoms with Gasteiger partial charge in [-0.1, -0.05) is 29.8 Å². The molecule has 1 aliphatic rings. The summed E-state index contributed by atoms with van der Waals surface area (Å²) >= 11 is 5.49. The van der Waals surface area contributed by atoms with Crippen LogP contribution < -0.4 is 10.5 Å². The van der Waals surface area contributed by atoms with Crippen LogP contribution in [0.5, 0.6) is 5.88 Å². The first-order valence-corrected chi connectivity index (χ1v) is 7.48. The minimum Gasteiger partial charge on any atom is -0.481 e. The van der Waals surface area contributed by atoms with E-state index in [0.29, 0.717) is 17.0 Å². The van der Waals surface area contributed by atoms with Gasteiger partial charge in [0.15, 0.2) is 0 Å². The van der Waals surface area contributed by atoms with E-state index in [4.69, 9.17) is 27.2 Å². The number of halogens is 4. The Hall–Kier alpha value is -2.32. The van der Waals surface area contributed by atoms with Crippen molar-refractivity contribution in [2.24, 2.45) is 5.73 Å². The zero-order chi connectivity index (χ0) is 18.6. The fourth-order valence-corrected chi connectivity index (χ4v) is 2.51. The molecule has 0 aliphatic carbocycles. The van der Waals surface area contributed by atoms with Crippen molar-refractivity contribution in [1.29, 1.82) is 0 Å². The molecule has 1 aromatic carbocycles. The molecular formula is C16H14ClF3N2O3. The fourth-order valence-electron chi connectivity index (χ4n) is 2.20. The quantitative estimate of drug-likeness (QED) is 0.840. The number of aromatic nitrogens is 1. The van der Waals surface area contributed by atoms with Crippen molar-refractivity contribution in [3.8, 4) is 5.88 Å². The second kappa shape index (κ2) is 7.71. The molecular weight excluding hydrogens is 361 g/mol. The number of carbonyl (C=O) groups is 1. The van der Waals surface area contributed by atoms with Crippen molar-refractivity contribution in [3.05, 3.63) is 58.2 Å². The number of aliphatic carboxylic acids is 1. The number of rotatable bonds is 2. The maximum atomic E-state index is 12.2. The standard InChI is InChI=1S/C8H7ClF3N.C8H7NO3/c9-7-5(4-13)2-1-3-6(7)8(10,11)12;10-8(11)6-4-12-7-5(6)2-1-3-9-7/h1-3H,4,13H2;1-3,6H,4H2,(H,10,11). The van der Waals surface area contributed by atoms with Gasteiger partial charge in [0.1, 0.15) is 12.5 Å². The second-order valence-electron chi connectivity index (χ2n) is 5.08. The van der Waals surface area contributed by atoms with Gasteiger partial charge in [-0.05, 0) is 17.7 Å². The number of alkyl halides is 3. The lowest BCUT2D eigenvalue weighted by Crippen LogP contribution is -2.12. The van der Waals surface area contributed by atoms with Crippen LogP contribution in [-0.4, -0.2) is 22.7 Å². The number of nitrogens with zero attached hydrogens (tertiary/aromatic N) is 1. The molecule has 0 radical (unpaired) electrons. The van der Waals surface area contributed by atoms with Crippen molar-refractivity contribution in [2.75, 3.05) is 6.61 Å². The Balaban J connectivity index is 0.000000181. The highest BCUT2D eigenvalue weighted by Gasteiger charge is 2.33. The highest BCUT2D eigenvalue weighted by atomic mass is 35.5. The first-order chi connectivity index (χ1) is 11.8. The summed E-state index contributed by atoms with van der Waals surface area (Å²) in [5.41, 5.74) is 5.35. The molecule has 1 atom stereocenters. The Morgan fingerprint density at radius 2 is 2.08 bits per heavy atom. The lowest BCUT2D eigenvalue weighted by Gasteiger charge is -2.10. The van der Waals surface area contributed by atoms with Gasteiger partial charge in [0.2, 0.25) is 5.88 Å². The summed E-state index contributed by atoms with van der Waals surface area (Å²) in [6.07, 6.45) is -2.83. The number of ether oxygens (including phenoxy) is 1. The first kappa shape index (κ1) is 19.0. The zero-order valence-electron chi connectivity index (χ0n) is 12.8. The van der Waals surface area contributed by atoms with Gasteiger partial charge in [0.05, 0.1) is 10.6 Å². The minimum atomic E-state index is -4.41. The average Bonchev–Trinajstić information content (AvgIpc) is 2.99. The van der Waals surface area contributed by atoms with Gasteiger partial charge in [-0.3, -0.25) is 4.79 Å². The summed E-state index contributed by atoms with van der Waals surface area (Å²) < 4.78 is 41.8. The Labute approximate surface area is 146 Å². The van der Waals surface area contributed by atoms with Crippen molar-refractivity contribution in [2.45, 2.75) is 18.6 Å².